The Morgan fingerprint density at radius 1 is 0.837 bits per heavy atom. The van der Waals surface area contributed by atoms with Crippen LogP contribution < -0.4 is 29.2 Å². The second kappa shape index (κ2) is 12.9. The second-order valence-corrected chi connectivity index (χ2v) is 9.12. The monoisotopic (exact) mass is 579 g/mol. The van der Waals surface area contributed by atoms with Crippen LogP contribution in [0, 0.1) is 0 Å². The molecule has 43 heavy (non-hydrogen) atoms. The summed E-state index contributed by atoms with van der Waals surface area (Å²) in [5, 5.41) is 4.93. The van der Waals surface area contributed by atoms with Crippen LogP contribution in [0.5, 0.6) is 28.7 Å². The van der Waals surface area contributed by atoms with Crippen LogP contribution in [-0.2, 0) is 0 Å². The number of aromatic nitrogens is 2. The van der Waals surface area contributed by atoms with Gasteiger partial charge in [0.25, 0.3) is 5.56 Å². The maximum Gasteiger partial charge on any atom is 0.343 e. The molecule has 0 aliphatic heterocycles. The van der Waals surface area contributed by atoms with E-state index >= 15 is 0 Å². The quantitative estimate of drug-likeness (QED) is 0.120. The van der Waals surface area contributed by atoms with Gasteiger partial charge in [-0.1, -0.05) is 30.3 Å². The van der Waals surface area contributed by atoms with Gasteiger partial charge in [-0.2, -0.15) is 9.78 Å². The van der Waals surface area contributed by atoms with Gasteiger partial charge in [-0.25, -0.2) is 9.78 Å². The summed E-state index contributed by atoms with van der Waals surface area (Å²) in [4.78, 5) is 31.1. The molecule has 0 radical (unpaired) electrons. The molecule has 0 amide bonds. The third-order valence-electron chi connectivity index (χ3n) is 6.48. The van der Waals surface area contributed by atoms with Crippen molar-refractivity contribution in [1.82, 2.24) is 9.66 Å². The van der Waals surface area contributed by atoms with E-state index in [1.165, 1.54) is 32.2 Å². The van der Waals surface area contributed by atoms with Gasteiger partial charge in [0.2, 0.25) is 5.75 Å². The van der Waals surface area contributed by atoms with Crippen molar-refractivity contribution < 1.29 is 28.5 Å². The zero-order valence-corrected chi connectivity index (χ0v) is 24.1. The third kappa shape index (κ3) is 6.03. The molecule has 0 spiro atoms. The van der Waals surface area contributed by atoms with Gasteiger partial charge in [0, 0.05) is 5.56 Å². The van der Waals surface area contributed by atoms with Crippen molar-refractivity contribution in [3.8, 4) is 40.1 Å². The average Bonchev–Trinajstić information content (AvgIpc) is 3.05. The predicted octanol–water partition coefficient (Wildman–Crippen LogP) is 5.59. The van der Waals surface area contributed by atoms with Crippen molar-refractivity contribution in [2.45, 2.75) is 6.92 Å². The van der Waals surface area contributed by atoms with Gasteiger partial charge in [0.15, 0.2) is 28.8 Å². The molecule has 5 rings (SSSR count). The molecule has 0 fully saturated rings. The molecule has 0 N–H and O–H groups in total. The maximum atomic E-state index is 13.7. The zero-order chi connectivity index (χ0) is 30.3. The van der Waals surface area contributed by atoms with Gasteiger partial charge in [0.1, 0.15) is 0 Å². The first-order chi connectivity index (χ1) is 21.0. The minimum absolute atomic E-state index is 0.260. The number of carbonyl (C=O) groups excluding carboxylic acids is 1. The lowest BCUT2D eigenvalue weighted by Gasteiger charge is -2.15. The molecule has 4 aromatic carbocycles. The Balaban J connectivity index is 1.58. The molecule has 1 aromatic heterocycles. The van der Waals surface area contributed by atoms with E-state index in [2.05, 4.69) is 5.10 Å². The van der Waals surface area contributed by atoms with Crippen LogP contribution in [0.1, 0.15) is 22.8 Å². The number of carbonyl (C=O) groups is 1. The fourth-order valence-corrected chi connectivity index (χ4v) is 4.44. The Kier molecular flexibility index (Phi) is 8.66. The molecule has 0 saturated heterocycles. The molecule has 0 bridgehead atoms. The molecular formula is C33H29N3O7. The summed E-state index contributed by atoms with van der Waals surface area (Å²) in [6, 6.07) is 24.1. The lowest BCUT2D eigenvalue weighted by Crippen LogP contribution is -2.20. The van der Waals surface area contributed by atoms with Crippen molar-refractivity contribution in [3.63, 3.8) is 0 Å². The van der Waals surface area contributed by atoms with Crippen molar-refractivity contribution >= 4 is 23.1 Å². The summed E-state index contributed by atoms with van der Waals surface area (Å²) < 4.78 is 29.1. The Hall–Kier alpha value is -5.64. The molecule has 5 aromatic rings. The molecule has 10 nitrogen and oxygen atoms in total. The maximum absolute atomic E-state index is 13.7. The molecular weight excluding hydrogens is 550 g/mol. The first kappa shape index (κ1) is 28.9. The highest BCUT2D eigenvalue weighted by Gasteiger charge is 2.19. The van der Waals surface area contributed by atoms with E-state index in [0.717, 1.165) is 0 Å². The summed E-state index contributed by atoms with van der Waals surface area (Å²) in [5.41, 5.74) is 1.67. The average molecular weight is 580 g/mol. The van der Waals surface area contributed by atoms with E-state index in [9.17, 15) is 9.59 Å². The van der Waals surface area contributed by atoms with Crippen LogP contribution in [0.25, 0.3) is 22.3 Å². The number of ether oxygens (including phenoxy) is 5. The van der Waals surface area contributed by atoms with Crippen LogP contribution in [0.2, 0.25) is 0 Å². The number of benzene rings is 4. The van der Waals surface area contributed by atoms with E-state index in [0.29, 0.717) is 57.2 Å². The van der Waals surface area contributed by atoms with E-state index in [-0.39, 0.29) is 17.1 Å². The summed E-state index contributed by atoms with van der Waals surface area (Å²) in [7, 11) is 4.53. The van der Waals surface area contributed by atoms with Gasteiger partial charge >= 0.3 is 5.97 Å². The standard InChI is InChI=1S/C33H29N3O7/c1-5-42-27-17-21(15-16-26(27)43-33(38)22-11-7-6-8-12-22)20-34-36-31(35-25-14-10-9-13-24(25)32(36)37)23-18-28(39-2)30(41-4)29(19-23)40-3/h6-20H,5H2,1-4H3. The molecule has 10 heteroatoms. The molecule has 218 valence electrons. The number of hydrogen-bond acceptors (Lipinski definition) is 9. The minimum Gasteiger partial charge on any atom is -0.493 e. The third-order valence-corrected chi connectivity index (χ3v) is 6.48. The highest BCUT2D eigenvalue weighted by atomic mass is 16.6. The lowest BCUT2D eigenvalue weighted by atomic mass is 10.1. The number of rotatable bonds is 10. The number of methoxy groups -OCH3 is 3. The van der Waals surface area contributed by atoms with E-state index in [4.69, 9.17) is 28.7 Å². The molecule has 0 aliphatic carbocycles. The zero-order valence-electron chi connectivity index (χ0n) is 24.1. The van der Waals surface area contributed by atoms with E-state index in [1.54, 1.807) is 72.8 Å². The minimum atomic E-state index is -0.508. The van der Waals surface area contributed by atoms with E-state index in [1.807, 2.05) is 19.1 Å². The van der Waals surface area contributed by atoms with E-state index < -0.39 is 5.97 Å². The number of esters is 1. The summed E-state index contributed by atoms with van der Waals surface area (Å²) in [5.74, 6) is 1.57. The first-order valence-electron chi connectivity index (χ1n) is 13.4. The van der Waals surface area contributed by atoms with Crippen LogP contribution in [0.4, 0.5) is 0 Å². The fraction of sp³-hybridized carbons (Fsp3) is 0.152. The molecule has 0 atom stereocenters. The largest absolute Gasteiger partial charge is 0.493 e. The van der Waals surface area contributed by atoms with Gasteiger partial charge in [0.05, 0.1) is 50.6 Å². The van der Waals surface area contributed by atoms with Crippen LogP contribution >= 0.6 is 0 Å². The summed E-state index contributed by atoms with van der Waals surface area (Å²) in [6.45, 7) is 2.17. The second-order valence-electron chi connectivity index (χ2n) is 9.12. The highest BCUT2D eigenvalue weighted by molar-refractivity contribution is 5.91. The van der Waals surface area contributed by atoms with Crippen molar-refractivity contribution in [2.75, 3.05) is 27.9 Å². The van der Waals surface area contributed by atoms with Crippen LogP contribution in [0.15, 0.2) is 94.8 Å². The lowest BCUT2D eigenvalue weighted by molar-refractivity contribution is 0.0728. The smallest absolute Gasteiger partial charge is 0.343 e. The van der Waals surface area contributed by atoms with Crippen LogP contribution in [0.3, 0.4) is 0 Å². The predicted molar refractivity (Wildman–Crippen MR) is 163 cm³/mol. The van der Waals surface area contributed by atoms with Gasteiger partial charge in [-0.15, -0.1) is 0 Å². The Morgan fingerprint density at radius 2 is 1.53 bits per heavy atom. The van der Waals surface area contributed by atoms with Gasteiger partial charge < -0.3 is 23.7 Å². The number of fused-ring (bicyclic) bond motifs is 1. The number of nitrogens with zero attached hydrogens (tertiary/aromatic N) is 3. The Bertz CT molecular complexity index is 1840. The molecule has 0 saturated carbocycles. The normalized spacial score (nSPS) is 11.0. The topological polar surface area (TPSA) is 110 Å². The number of para-hydroxylation sites is 1. The Labute approximate surface area is 247 Å². The Morgan fingerprint density at radius 3 is 2.21 bits per heavy atom. The highest BCUT2D eigenvalue weighted by Crippen LogP contribution is 2.41. The summed E-state index contributed by atoms with van der Waals surface area (Å²) >= 11 is 0. The fourth-order valence-electron chi connectivity index (χ4n) is 4.44. The number of hydrogen-bond donors (Lipinski definition) is 0. The first-order valence-corrected chi connectivity index (χ1v) is 13.4. The summed E-state index contributed by atoms with van der Waals surface area (Å²) in [6.07, 6.45) is 1.50. The van der Waals surface area contributed by atoms with Gasteiger partial charge in [-0.3, -0.25) is 4.79 Å². The van der Waals surface area contributed by atoms with Crippen molar-refractivity contribution in [3.05, 3.63) is 106 Å². The van der Waals surface area contributed by atoms with Crippen LogP contribution in [-0.4, -0.2) is 49.8 Å². The van der Waals surface area contributed by atoms with Crippen molar-refractivity contribution in [1.29, 1.82) is 0 Å². The SMILES string of the molecule is CCOc1cc(C=Nn2c(-c3cc(OC)c(OC)c(OC)c3)nc3ccccc3c2=O)ccc1OC(=O)c1ccccc1. The molecule has 1 heterocycles. The van der Waals surface area contributed by atoms with Gasteiger partial charge in [-0.05, 0) is 67.1 Å². The molecule has 0 aliphatic rings. The van der Waals surface area contributed by atoms with Crippen molar-refractivity contribution in [2.24, 2.45) is 5.10 Å². The molecule has 0 unspecified atom stereocenters.